The van der Waals surface area contributed by atoms with Crippen molar-refractivity contribution in [3.63, 3.8) is 0 Å². The summed E-state index contributed by atoms with van der Waals surface area (Å²) in [4.78, 5) is 40.5. The molecule has 0 atom stereocenters. The number of hydrogen-bond donors (Lipinski definition) is 4. The number of nitrogens with one attached hydrogen (secondary N) is 2. The Morgan fingerprint density at radius 3 is 2.33 bits per heavy atom. The number of carbonyl (C=O) groups excluding carboxylic acids is 1. The van der Waals surface area contributed by atoms with Crippen molar-refractivity contribution in [2.24, 2.45) is 0 Å². The van der Waals surface area contributed by atoms with Gasteiger partial charge in [-0.05, 0) is 42.7 Å². The van der Waals surface area contributed by atoms with E-state index in [9.17, 15) is 22.5 Å². The zero-order chi connectivity index (χ0) is 25.9. The predicted molar refractivity (Wildman–Crippen MR) is 127 cm³/mol. The molecule has 3 aromatic rings. The molecule has 1 saturated heterocycles. The zero-order valence-electron chi connectivity index (χ0n) is 18.9. The van der Waals surface area contributed by atoms with Crippen LogP contribution in [0.2, 0.25) is 0 Å². The Labute approximate surface area is 204 Å². The van der Waals surface area contributed by atoms with E-state index in [-0.39, 0.29) is 23.1 Å². The quantitative estimate of drug-likeness (QED) is 0.324. The molecule has 36 heavy (non-hydrogen) atoms. The van der Waals surface area contributed by atoms with Crippen molar-refractivity contribution in [2.75, 3.05) is 23.7 Å². The van der Waals surface area contributed by atoms with Crippen LogP contribution in [0.5, 0.6) is 0 Å². The molecule has 1 aromatic heterocycles. The second-order valence-corrected chi connectivity index (χ2v) is 9.91. The molecule has 2 aromatic carbocycles. The van der Waals surface area contributed by atoms with E-state index in [4.69, 9.17) is 9.79 Å². The highest BCUT2D eigenvalue weighted by atomic mass is 31.2. The first kappa shape index (κ1) is 25.6. The third-order valence-corrected chi connectivity index (χ3v) is 6.27. The minimum Gasteiger partial charge on any atom is -0.339 e. The van der Waals surface area contributed by atoms with Crippen molar-refractivity contribution in [1.29, 1.82) is 0 Å². The molecule has 0 saturated carbocycles. The molecule has 1 aliphatic heterocycles. The maximum Gasteiger partial charge on any atom is 0.421 e. The molecule has 0 bridgehead atoms. The smallest absolute Gasteiger partial charge is 0.339 e. The minimum atomic E-state index is -4.75. The molecule has 0 unspecified atom stereocenters. The highest BCUT2D eigenvalue weighted by Crippen LogP contribution is 2.39. The largest absolute Gasteiger partial charge is 0.421 e. The van der Waals surface area contributed by atoms with Crippen LogP contribution in [-0.4, -0.2) is 43.7 Å². The van der Waals surface area contributed by atoms with Crippen molar-refractivity contribution in [3.8, 4) is 0 Å². The number of para-hydroxylation sites is 1. The van der Waals surface area contributed by atoms with Gasteiger partial charge >= 0.3 is 13.8 Å². The third kappa shape index (κ3) is 6.39. The number of alkyl halides is 3. The molecule has 4 N–H and O–H groups in total. The molecule has 190 valence electrons. The van der Waals surface area contributed by atoms with Gasteiger partial charge in [0.15, 0.2) is 0 Å². The van der Waals surface area contributed by atoms with Gasteiger partial charge in [0.1, 0.15) is 11.4 Å². The maximum atomic E-state index is 13.7. The molecule has 13 heteroatoms. The van der Waals surface area contributed by atoms with Crippen LogP contribution in [0.15, 0.2) is 54.7 Å². The van der Waals surface area contributed by atoms with Gasteiger partial charge in [-0.2, -0.15) is 18.2 Å². The lowest BCUT2D eigenvalue weighted by molar-refractivity contribution is -0.137. The number of halogens is 3. The number of anilines is 4. The molecular formula is C23H23F3N5O4P. The van der Waals surface area contributed by atoms with E-state index < -0.39 is 31.3 Å². The van der Waals surface area contributed by atoms with Gasteiger partial charge in [-0.3, -0.25) is 9.36 Å². The van der Waals surface area contributed by atoms with E-state index in [1.807, 2.05) is 0 Å². The summed E-state index contributed by atoms with van der Waals surface area (Å²) in [5, 5.41) is 5.45. The van der Waals surface area contributed by atoms with Crippen molar-refractivity contribution in [3.05, 3.63) is 71.4 Å². The number of nitrogens with zero attached hydrogens (tertiary/aromatic N) is 3. The summed E-state index contributed by atoms with van der Waals surface area (Å²) in [5.41, 5.74) is 0.115. The van der Waals surface area contributed by atoms with Gasteiger partial charge in [-0.25, -0.2) is 4.98 Å². The lowest BCUT2D eigenvalue weighted by Gasteiger charge is -2.19. The van der Waals surface area contributed by atoms with Gasteiger partial charge in [0, 0.05) is 25.0 Å². The van der Waals surface area contributed by atoms with E-state index in [0.717, 1.165) is 12.8 Å². The summed E-state index contributed by atoms with van der Waals surface area (Å²) in [7, 11) is -4.24. The first-order valence-corrected chi connectivity index (χ1v) is 12.8. The highest BCUT2D eigenvalue weighted by molar-refractivity contribution is 7.50. The average Bonchev–Trinajstić information content (AvgIpc) is 3.34. The van der Waals surface area contributed by atoms with Crippen LogP contribution in [0.3, 0.4) is 0 Å². The number of amides is 1. The second-order valence-electron chi connectivity index (χ2n) is 8.27. The topological polar surface area (TPSA) is 128 Å². The molecule has 1 aliphatic rings. The number of benzene rings is 2. The molecule has 1 amide bonds. The van der Waals surface area contributed by atoms with E-state index >= 15 is 0 Å². The van der Waals surface area contributed by atoms with Gasteiger partial charge in [0.05, 0.1) is 17.4 Å². The second kappa shape index (κ2) is 10.3. The highest BCUT2D eigenvalue weighted by Gasteiger charge is 2.36. The molecular weight excluding hydrogens is 498 g/mol. The SMILES string of the molecule is O=C(c1ccccc1Nc1nc(Nc2ccc(CP(=O)(O)O)cc2)ncc1C(F)(F)F)N1CCCC1. The fraction of sp³-hybridized carbons (Fsp3) is 0.261. The third-order valence-electron chi connectivity index (χ3n) is 5.50. The standard InChI is InChI=1S/C23H23F3N5O4P/c24-23(25,26)18-13-27-22(28-16-9-7-15(8-10-16)14-36(33,34)35)30-20(18)29-19-6-2-1-5-17(19)21(32)31-11-3-4-12-31/h1-2,5-10,13H,3-4,11-12,14H2,(H2,33,34,35)(H2,27,28,29,30). The number of rotatable bonds is 7. The predicted octanol–water partition coefficient (Wildman–Crippen LogP) is 4.90. The molecule has 0 radical (unpaired) electrons. The molecule has 4 rings (SSSR count). The Balaban J connectivity index is 1.61. The Bertz CT molecular complexity index is 1290. The van der Waals surface area contributed by atoms with Crippen LogP contribution in [-0.2, 0) is 16.9 Å². The van der Waals surface area contributed by atoms with E-state index in [1.54, 1.807) is 23.1 Å². The zero-order valence-corrected chi connectivity index (χ0v) is 19.8. The Morgan fingerprint density at radius 2 is 1.69 bits per heavy atom. The molecule has 9 nitrogen and oxygen atoms in total. The number of carbonyl (C=O) groups is 1. The van der Waals surface area contributed by atoms with Crippen LogP contribution >= 0.6 is 7.60 Å². The average molecular weight is 521 g/mol. The summed E-state index contributed by atoms with van der Waals surface area (Å²) in [5.74, 6) is -0.941. The van der Waals surface area contributed by atoms with Crippen LogP contribution in [0, 0.1) is 0 Å². The number of likely N-dealkylation sites (tertiary alicyclic amines) is 1. The number of aromatic nitrogens is 2. The van der Waals surface area contributed by atoms with E-state index in [0.29, 0.717) is 30.5 Å². The van der Waals surface area contributed by atoms with Crippen molar-refractivity contribution in [2.45, 2.75) is 25.2 Å². The van der Waals surface area contributed by atoms with Crippen molar-refractivity contribution in [1.82, 2.24) is 14.9 Å². The summed E-state index contributed by atoms with van der Waals surface area (Å²) in [6.45, 7) is 1.19. The molecule has 2 heterocycles. The van der Waals surface area contributed by atoms with Gasteiger partial charge < -0.3 is 25.3 Å². The van der Waals surface area contributed by atoms with E-state index in [2.05, 4.69) is 20.6 Å². The van der Waals surface area contributed by atoms with Gasteiger partial charge in [-0.15, -0.1) is 0 Å². The molecule has 0 spiro atoms. The van der Waals surface area contributed by atoms with Crippen LogP contribution in [0.25, 0.3) is 0 Å². The Morgan fingerprint density at radius 1 is 1.03 bits per heavy atom. The van der Waals surface area contributed by atoms with Crippen molar-refractivity contribution < 1.29 is 32.3 Å². The monoisotopic (exact) mass is 521 g/mol. The van der Waals surface area contributed by atoms with Crippen LogP contribution < -0.4 is 10.6 Å². The first-order chi connectivity index (χ1) is 17.0. The van der Waals surface area contributed by atoms with Crippen LogP contribution in [0.1, 0.15) is 34.3 Å². The Hall–Kier alpha value is -3.47. The van der Waals surface area contributed by atoms with Gasteiger partial charge in [-0.1, -0.05) is 24.3 Å². The van der Waals surface area contributed by atoms with Crippen LogP contribution in [0.4, 0.5) is 36.3 Å². The minimum absolute atomic E-state index is 0.142. The summed E-state index contributed by atoms with van der Waals surface area (Å²) in [6.07, 6.45) is -2.79. The maximum absolute atomic E-state index is 13.7. The Kier molecular flexibility index (Phi) is 7.30. The fourth-order valence-corrected chi connectivity index (χ4v) is 4.49. The number of hydrogen-bond acceptors (Lipinski definition) is 6. The first-order valence-electron chi connectivity index (χ1n) is 11.0. The van der Waals surface area contributed by atoms with Gasteiger partial charge in [0.2, 0.25) is 5.95 Å². The van der Waals surface area contributed by atoms with Crippen molar-refractivity contribution >= 4 is 36.6 Å². The lowest BCUT2D eigenvalue weighted by atomic mass is 10.1. The summed E-state index contributed by atoms with van der Waals surface area (Å²) >= 11 is 0. The fourth-order valence-electron chi connectivity index (χ4n) is 3.80. The summed E-state index contributed by atoms with van der Waals surface area (Å²) < 4.78 is 52.3. The van der Waals surface area contributed by atoms with Gasteiger partial charge in [0.25, 0.3) is 5.91 Å². The van der Waals surface area contributed by atoms with E-state index in [1.165, 1.54) is 30.3 Å². The lowest BCUT2D eigenvalue weighted by Crippen LogP contribution is -2.28. The normalized spacial score (nSPS) is 14.1. The summed E-state index contributed by atoms with van der Waals surface area (Å²) in [6, 6.07) is 12.3. The molecule has 1 fully saturated rings. The molecule has 0 aliphatic carbocycles.